The first kappa shape index (κ1) is 13.6. The Morgan fingerprint density at radius 1 is 1.39 bits per heavy atom. The van der Waals surface area contributed by atoms with Gasteiger partial charge in [0.25, 0.3) is 0 Å². The second kappa shape index (κ2) is 5.87. The van der Waals surface area contributed by atoms with Crippen molar-refractivity contribution in [2.45, 2.75) is 24.6 Å². The third-order valence-electron chi connectivity index (χ3n) is 3.54. The van der Waals surface area contributed by atoms with Crippen LogP contribution < -0.4 is 9.80 Å². The number of hydrogen-bond acceptors (Lipinski definition) is 4. The Morgan fingerprint density at radius 3 is 2.61 bits per heavy atom. The normalized spacial score (nSPS) is 18.8. The van der Waals surface area contributed by atoms with Crippen molar-refractivity contribution in [3.8, 4) is 0 Å². The molecule has 0 N–H and O–H groups in total. The average molecular weight is 313 g/mol. The summed E-state index contributed by atoms with van der Waals surface area (Å²) < 4.78 is 0. The molecule has 1 aromatic rings. The maximum absolute atomic E-state index is 4.59. The highest BCUT2D eigenvalue weighted by Crippen LogP contribution is 2.27. The predicted molar refractivity (Wildman–Crippen MR) is 79.7 cm³/mol. The predicted octanol–water partition coefficient (Wildman–Crippen LogP) is 2.54. The summed E-state index contributed by atoms with van der Waals surface area (Å²) in [6, 6.07) is 2.00. The molecule has 0 bridgehead atoms. The molecule has 18 heavy (non-hydrogen) atoms. The van der Waals surface area contributed by atoms with E-state index in [2.05, 4.69) is 37.7 Å². The Morgan fingerprint density at radius 2 is 2.06 bits per heavy atom. The van der Waals surface area contributed by atoms with Gasteiger partial charge >= 0.3 is 0 Å². The minimum atomic E-state index is 0.613. The van der Waals surface area contributed by atoms with Gasteiger partial charge in [-0.3, -0.25) is 0 Å². The van der Waals surface area contributed by atoms with Crippen molar-refractivity contribution in [2.75, 3.05) is 37.0 Å². The molecule has 0 amide bonds. The van der Waals surface area contributed by atoms with Gasteiger partial charge in [0.15, 0.2) is 0 Å². The number of halogens is 1. The van der Waals surface area contributed by atoms with Gasteiger partial charge in [0, 0.05) is 38.2 Å². The molecule has 0 aromatic carbocycles. The smallest absolute Gasteiger partial charge is 0.226 e. The van der Waals surface area contributed by atoms with Crippen molar-refractivity contribution in [3.05, 3.63) is 12.3 Å². The minimum Gasteiger partial charge on any atom is -0.356 e. The number of hydrogen-bond donors (Lipinski definition) is 0. The highest BCUT2D eigenvalue weighted by Gasteiger charge is 2.23. The summed E-state index contributed by atoms with van der Waals surface area (Å²) in [6.07, 6.45) is 4.30. The van der Waals surface area contributed by atoms with Crippen LogP contribution in [-0.4, -0.2) is 42.0 Å². The van der Waals surface area contributed by atoms with Gasteiger partial charge in [0.2, 0.25) is 5.95 Å². The Labute approximate surface area is 118 Å². The van der Waals surface area contributed by atoms with Gasteiger partial charge in [-0.25, -0.2) is 4.98 Å². The van der Waals surface area contributed by atoms with E-state index in [-0.39, 0.29) is 0 Å². The molecule has 1 unspecified atom stereocenters. The van der Waals surface area contributed by atoms with Gasteiger partial charge in [-0.05, 0) is 24.8 Å². The molecule has 1 atom stereocenters. The lowest BCUT2D eigenvalue weighted by Crippen LogP contribution is -2.36. The molecule has 5 heteroatoms. The van der Waals surface area contributed by atoms with E-state index in [1.165, 1.54) is 12.8 Å². The molecule has 2 heterocycles. The minimum absolute atomic E-state index is 0.613. The van der Waals surface area contributed by atoms with Crippen molar-refractivity contribution < 1.29 is 0 Å². The summed E-state index contributed by atoms with van der Waals surface area (Å²) >= 11 is 3.69. The van der Waals surface area contributed by atoms with Crippen molar-refractivity contribution >= 4 is 27.7 Å². The molecule has 1 fully saturated rings. The molecule has 0 spiro atoms. The summed E-state index contributed by atoms with van der Waals surface area (Å²) in [6.45, 7) is 4.42. The second-order valence-electron chi connectivity index (χ2n) is 5.11. The Hall–Kier alpha value is -0.840. The van der Waals surface area contributed by atoms with Gasteiger partial charge in [0.05, 0.1) is 0 Å². The van der Waals surface area contributed by atoms with E-state index in [1.54, 1.807) is 0 Å². The van der Waals surface area contributed by atoms with E-state index in [1.807, 2.05) is 31.3 Å². The quantitative estimate of drug-likeness (QED) is 0.803. The highest BCUT2D eigenvalue weighted by molar-refractivity contribution is 9.09. The summed E-state index contributed by atoms with van der Waals surface area (Å²) in [4.78, 5) is 13.8. The van der Waals surface area contributed by atoms with E-state index < -0.39 is 0 Å². The Kier molecular flexibility index (Phi) is 4.43. The molecule has 1 aromatic heterocycles. The summed E-state index contributed by atoms with van der Waals surface area (Å²) in [7, 11) is 3.94. The van der Waals surface area contributed by atoms with Crippen LogP contribution in [-0.2, 0) is 0 Å². The van der Waals surface area contributed by atoms with Crippen molar-refractivity contribution in [1.29, 1.82) is 0 Å². The number of anilines is 2. The fourth-order valence-electron chi connectivity index (χ4n) is 2.32. The van der Waals surface area contributed by atoms with Crippen LogP contribution in [0.1, 0.15) is 19.8 Å². The van der Waals surface area contributed by atoms with Crippen LogP contribution in [0.2, 0.25) is 0 Å². The van der Waals surface area contributed by atoms with Crippen LogP contribution in [0.4, 0.5) is 11.8 Å². The van der Waals surface area contributed by atoms with E-state index in [4.69, 9.17) is 0 Å². The first-order valence-corrected chi connectivity index (χ1v) is 7.39. The van der Waals surface area contributed by atoms with Crippen molar-refractivity contribution in [1.82, 2.24) is 9.97 Å². The van der Waals surface area contributed by atoms with Gasteiger partial charge in [-0.15, -0.1) is 0 Å². The van der Waals surface area contributed by atoms with Crippen LogP contribution in [0.3, 0.4) is 0 Å². The molecule has 0 radical (unpaired) electrons. The Bertz CT molecular complexity index is 386. The number of piperidine rings is 1. The average Bonchev–Trinajstić information content (AvgIpc) is 2.39. The number of alkyl halides is 1. The van der Waals surface area contributed by atoms with Gasteiger partial charge in [-0.1, -0.05) is 22.9 Å². The monoisotopic (exact) mass is 312 g/mol. The number of aromatic nitrogens is 2. The van der Waals surface area contributed by atoms with Gasteiger partial charge < -0.3 is 9.80 Å². The topological polar surface area (TPSA) is 32.3 Å². The highest BCUT2D eigenvalue weighted by atomic mass is 79.9. The Balaban J connectivity index is 2.03. The molecule has 2 rings (SSSR count). The zero-order chi connectivity index (χ0) is 13.1. The van der Waals surface area contributed by atoms with Crippen LogP contribution in [0, 0.1) is 5.92 Å². The van der Waals surface area contributed by atoms with Crippen LogP contribution in [0.15, 0.2) is 12.3 Å². The lowest BCUT2D eigenvalue weighted by molar-refractivity contribution is 0.405. The van der Waals surface area contributed by atoms with E-state index >= 15 is 0 Å². The summed E-state index contributed by atoms with van der Waals surface area (Å²) in [5, 5.41) is 0. The molecular formula is C13H21BrN4. The van der Waals surface area contributed by atoms with Crippen LogP contribution >= 0.6 is 15.9 Å². The van der Waals surface area contributed by atoms with Crippen LogP contribution in [0.25, 0.3) is 0 Å². The number of nitrogens with zero attached hydrogens (tertiary/aromatic N) is 4. The standard InChI is InChI=1S/C13H21BrN4/c1-10(14)11-5-8-18(9-6-11)12-4-7-15-13(16-12)17(2)3/h4,7,10-11H,5-6,8-9H2,1-3H3. The van der Waals surface area contributed by atoms with E-state index in [0.717, 1.165) is 30.8 Å². The van der Waals surface area contributed by atoms with Gasteiger partial charge in [0.1, 0.15) is 5.82 Å². The molecular weight excluding hydrogens is 292 g/mol. The fraction of sp³-hybridized carbons (Fsp3) is 0.692. The maximum Gasteiger partial charge on any atom is 0.226 e. The molecule has 0 aliphatic carbocycles. The number of rotatable bonds is 3. The third-order valence-corrected chi connectivity index (χ3v) is 4.29. The zero-order valence-electron chi connectivity index (χ0n) is 11.3. The molecule has 1 aliphatic rings. The fourth-order valence-corrected chi connectivity index (χ4v) is 2.85. The molecule has 1 saturated heterocycles. The van der Waals surface area contributed by atoms with E-state index in [0.29, 0.717) is 4.83 Å². The molecule has 0 saturated carbocycles. The van der Waals surface area contributed by atoms with Gasteiger partial charge in [-0.2, -0.15) is 4.98 Å². The van der Waals surface area contributed by atoms with Crippen molar-refractivity contribution in [3.63, 3.8) is 0 Å². The summed E-state index contributed by atoms with van der Waals surface area (Å²) in [5.41, 5.74) is 0. The molecule has 4 nitrogen and oxygen atoms in total. The molecule has 100 valence electrons. The third kappa shape index (κ3) is 3.13. The molecule has 1 aliphatic heterocycles. The maximum atomic E-state index is 4.59. The second-order valence-corrected chi connectivity index (χ2v) is 6.56. The summed E-state index contributed by atoms with van der Waals surface area (Å²) in [5.74, 6) is 2.62. The van der Waals surface area contributed by atoms with Crippen LogP contribution in [0.5, 0.6) is 0 Å². The first-order valence-electron chi connectivity index (χ1n) is 6.47. The largest absolute Gasteiger partial charge is 0.356 e. The SMILES string of the molecule is CC(Br)C1CCN(c2ccnc(N(C)C)n2)CC1. The van der Waals surface area contributed by atoms with Crippen molar-refractivity contribution in [2.24, 2.45) is 5.92 Å². The first-order chi connectivity index (χ1) is 8.58. The van der Waals surface area contributed by atoms with E-state index in [9.17, 15) is 0 Å². The zero-order valence-corrected chi connectivity index (χ0v) is 12.9. The lowest BCUT2D eigenvalue weighted by Gasteiger charge is -2.34. The lowest BCUT2D eigenvalue weighted by atomic mass is 9.94.